The highest BCUT2D eigenvalue weighted by molar-refractivity contribution is 6.13. The number of ether oxygens (including phenoxy) is 1. The van der Waals surface area contributed by atoms with E-state index in [2.05, 4.69) is 15.5 Å². The van der Waals surface area contributed by atoms with Crippen molar-refractivity contribution in [2.45, 2.75) is 25.2 Å². The van der Waals surface area contributed by atoms with E-state index in [-0.39, 0.29) is 28.6 Å². The highest BCUT2D eigenvalue weighted by Crippen LogP contribution is 2.54. The summed E-state index contributed by atoms with van der Waals surface area (Å²) in [5.41, 5.74) is 5.60. The Morgan fingerprint density at radius 1 is 1.48 bits per heavy atom. The Balaban J connectivity index is 2.12. The maximum Gasteiger partial charge on any atom is 0.269 e. The van der Waals surface area contributed by atoms with Gasteiger partial charge in [-0.3, -0.25) is 20.0 Å². The molecule has 0 unspecified atom stereocenters. The van der Waals surface area contributed by atoms with Crippen LogP contribution in [0.1, 0.15) is 30.2 Å². The van der Waals surface area contributed by atoms with Gasteiger partial charge in [0, 0.05) is 29.1 Å². The Labute approximate surface area is 152 Å². The third kappa shape index (κ3) is 1.99. The van der Waals surface area contributed by atoms with Gasteiger partial charge in [-0.05, 0) is 12.5 Å². The predicted octanol–water partition coefficient (Wildman–Crippen LogP) is 1.59. The van der Waals surface area contributed by atoms with Crippen molar-refractivity contribution in [1.82, 2.24) is 10.2 Å². The Morgan fingerprint density at radius 2 is 2.26 bits per heavy atom. The SMILES string of the molecule is CCCc1[nH]nc2c1[C@]1(C(=O)Nc3ccc([N+](=O)[O-])cc31)C(C#N)=C(N)O2. The molecule has 0 radical (unpaired) electrons. The second-order valence-electron chi connectivity index (χ2n) is 6.28. The van der Waals surface area contributed by atoms with Gasteiger partial charge in [-0.1, -0.05) is 13.3 Å². The van der Waals surface area contributed by atoms with Gasteiger partial charge in [0.15, 0.2) is 0 Å². The first-order valence-corrected chi connectivity index (χ1v) is 8.21. The molecule has 136 valence electrons. The quantitative estimate of drug-likeness (QED) is 0.549. The number of anilines is 1. The first-order chi connectivity index (χ1) is 12.9. The average Bonchev–Trinajstić information content (AvgIpc) is 3.15. The molecule has 3 heterocycles. The van der Waals surface area contributed by atoms with E-state index in [0.717, 1.165) is 6.42 Å². The average molecular weight is 366 g/mol. The number of carbonyl (C=O) groups is 1. The minimum atomic E-state index is -1.65. The van der Waals surface area contributed by atoms with Crippen LogP contribution in [0.15, 0.2) is 29.7 Å². The third-order valence-corrected chi connectivity index (χ3v) is 4.83. The maximum absolute atomic E-state index is 13.2. The minimum Gasteiger partial charge on any atom is -0.420 e. The van der Waals surface area contributed by atoms with Crippen LogP contribution in [0, 0.1) is 21.4 Å². The largest absolute Gasteiger partial charge is 0.420 e. The molecule has 1 aromatic carbocycles. The van der Waals surface area contributed by atoms with Gasteiger partial charge < -0.3 is 15.8 Å². The van der Waals surface area contributed by atoms with E-state index in [1.807, 2.05) is 13.0 Å². The molecule has 0 saturated heterocycles. The summed E-state index contributed by atoms with van der Waals surface area (Å²) >= 11 is 0. The van der Waals surface area contributed by atoms with Crippen molar-refractivity contribution >= 4 is 17.3 Å². The lowest BCUT2D eigenvalue weighted by Gasteiger charge is -2.31. The first-order valence-electron chi connectivity index (χ1n) is 8.21. The number of benzene rings is 1. The lowest BCUT2D eigenvalue weighted by Crippen LogP contribution is -2.42. The molecule has 27 heavy (non-hydrogen) atoms. The number of nitrogens with zero attached hydrogens (tertiary/aromatic N) is 3. The zero-order chi connectivity index (χ0) is 19.3. The second kappa shape index (κ2) is 5.57. The summed E-state index contributed by atoms with van der Waals surface area (Å²) < 4.78 is 5.47. The molecule has 2 aliphatic rings. The van der Waals surface area contributed by atoms with Crippen LogP contribution in [-0.2, 0) is 16.6 Å². The van der Waals surface area contributed by atoms with Crippen molar-refractivity contribution in [2.75, 3.05) is 5.32 Å². The molecule has 0 aliphatic carbocycles. The standard InChI is InChI=1S/C17H14N6O4/c1-2-3-12-13-15(22-21-12)27-14(19)10(7-18)17(13)9-6-8(23(25)26)4-5-11(9)20-16(17)24/h4-6H,2-3,19H2,1H3,(H,20,24)(H,21,22)/t17-/m1/s1. The maximum atomic E-state index is 13.2. The van der Waals surface area contributed by atoms with Crippen LogP contribution in [0.3, 0.4) is 0 Å². The molecule has 1 aromatic heterocycles. The lowest BCUT2D eigenvalue weighted by atomic mass is 9.68. The summed E-state index contributed by atoms with van der Waals surface area (Å²) in [6.45, 7) is 1.95. The molecule has 10 heteroatoms. The Morgan fingerprint density at radius 3 is 2.93 bits per heavy atom. The van der Waals surface area contributed by atoms with Gasteiger partial charge >= 0.3 is 0 Å². The van der Waals surface area contributed by atoms with Gasteiger partial charge in [-0.2, -0.15) is 5.26 Å². The van der Waals surface area contributed by atoms with Gasteiger partial charge in [0.1, 0.15) is 17.1 Å². The van der Waals surface area contributed by atoms with E-state index < -0.39 is 16.2 Å². The number of carbonyl (C=O) groups excluding carboxylic acids is 1. The minimum absolute atomic E-state index is 0.0875. The molecule has 2 aromatic rings. The Hall–Kier alpha value is -3.87. The number of aryl methyl sites for hydroxylation is 1. The number of aromatic amines is 1. The number of H-pyrrole nitrogens is 1. The fraction of sp³-hybridized carbons (Fsp3) is 0.235. The molecule has 0 fully saturated rings. The van der Waals surface area contributed by atoms with Crippen LogP contribution in [0.25, 0.3) is 0 Å². The predicted molar refractivity (Wildman–Crippen MR) is 92.5 cm³/mol. The van der Waals surface area contributed by atoms with Gasteiger partial charge in [-0.15, -0.1) is 5.10 Å². The smallest absolute Gasteiger partial charge is 0.269 e. The van der Waals surface area contributed by atoms with Crippen LogP contribution >= 0.6 is 0 Å². The number of rotatable bonds is 3. The normalized spacial score (nSPS) is 19.9. The fourth-order valence-electron chi connectivity index (χ4n) is 3.75. The number of amides is 1. The lowest BCUT2D eigenvalue weighted by molar-refractivity contribution is -0.384. The number of nitro groups is 1. The number of hydrogen-bond acceptors (Lipinski definition) is 7. The van der Waals surface area contributed by atoms with Gasteiger partial charge in [0.25, 0.3) is 5.69 Å². The summed E-state index contributed by atoms with van der Waals surface area (Å²) in [6.07, 6.45) is 1.29. The highest BCUT2D eigenvalue weighted by Gasteiger charge is 2.58. The van der Waals surface area contributed by atoms with Crippen LogP contribution in [-0.4, -0.2) is 21.0 Å². The summed E-state index contributed by atoms with van der Waals surface area (Å²) in [6, 6.07) is 5.99. The van der Waals surface area contributed by atoms with Crippen molar-refractivity contribution in [3.05, 3.63) is 56.6 Å². The molecule has 1 spiro atoms. The van der Waals surface area contributed by atoms with Crippen LogP contribution in [0.2, 0.25) is 0 Å². The van der Waals surface area contributed by atoms with Crippen LogP contribution in [0.4, 0.5) is 11.4 Å². The first kappa shape index (κ1) is 16.6. The zero-order valence-corrected chi connectivity index (χ0v) is 14.2. The number of non-ortho nitro benzene ring substituents is 1. The highest BCUT2D eigenvalue weighted by atomic mass is 16.6. The zero-order valence-electron chi connectivity index (χ0n) is 14.2. The van der Waals surface area contributed by atoms with E-state index in [1.54, 1.807) is 0 Å². The second-order valence-corrected chi connectivity index (χ2v) is 6.28. The van der Waals surface area contributed by atoms with Crippen molar-refractivity contribution in [1.29, 1.82) is 5.26 Å². The third-order valence-electron chi connectivity index (χ3n) is 4.83. The van der Waals surface area contributed by atoms with Crippen molar-refractivity contribution in [3.63, 3.8) is 0 Å². The van der Waals surface area contributed by atoms with Crippen molar-refractivity contribution in [3.8, 4) is 11.9 Å². The van der Waals surface area contributed by atoms with Crippen molar-refractivity contribution < 1.29 is 14.5 Å². The molecule has 0 saturated carbocycles. The molecule has 0 bridgehead atoms. The molecular formula is C17H14N6O4. The number of fused-ring (bicyclic) bond motifs is 4. The summed E-state index contributed by atoms with van der Waals surface area (Å²) in [5.74, 6) is -0.695. The molecule has 10 nitrogen and oxygen atoms in total. The van der Waals surface area contributed by atoms with E-state index >= 15 is 0 Å². The van der Waals surface area contributed by atoms with Gasteiger partial charge in [0.2, 0.25) is 17.7 Å². The Bertz CT molecular complexity index is 1080. The van der Waals surface area contributed by atoms with E-state index in [9.17, 15) is 20.2 Å². The number of nitrogens with one attached hydrogen (secondary N) is 2. The number of nitrogens with two attached hydrogens (primary N) is 1. The summed E-state index contributed by atoms with van der Waals surface area (Å²) in [5, 5.41) is 30.7. The number of nitro benzene ring substituents is 1. The molecule has 2 aliphatic heterocycles. The monoisotopic (exact) mass is 366 g/mol. The van der Waals surface area contributed by atoms with Gasteiger partial charge in [0.05, 0.1) is 10.5 Å². The molecule has 4 rings (SSSR count). The van der Waals surface area contributed by atoms with Crippen LogP contribution in [0.5, 0.6) is 5.88 Å². The molecular weight excluding hydrogens is 352 g/mol. The molecule has 1 atom stereocenters. The number of nitriles is 1. The molecule has 4 N–H and O–H groups in total. The summed E-state index contributed by atoms with van der Waals surface area (Å²) in [4.78, 5) is 23.9. The molecule has 1 amide bonds. The van der Waals surface area contributed by atoms with E-state index in [4.69, 9.17) is 10.5 Å². The van der Waals surface area contributed by atoms with Crippen LogP contribution < -0.4 is 15.8 Å². The van der Waals surface area contributed by atoms with Gasteiger partial charge in [-0.25, -0.2) is 0 Å². The number of aromatic nitrogens is 2. The topological polar surface area (TPSA) is 160 Å². The van der Waals surface area contributed by atoms with Crippen molar-refractivity contribution in [2.24, 2.45) is 5.73 Å². The van der Waals surface area contributed by atoms with E-state index in [0.29, 0.717) is 23.4 Å². The Kier molecular flexibility index (Phi) is 3.42. The number of hydrogen-bond donors (Lipinski definition) is 3. The fourth-order valence-corrected chi connectivity index (χ4v) is 3.75. The van der Waals surface area contributed by atoms with E-state index in [1.165, 1.54) is 18.2 Å². The summed E-state index contributed by atoms with van der Waals surface area (Å²) in [7, 11) is 0.